The summed E-state index contributed by atoms with van der Waals surface area (Å²) in [5.74, 6) is 0. The summed E-state index contributed by atoms with van der Waals surface area (Å²) in [6.45, 7) is 2.52. The monoisotopic (exact) mass is 280 g/mol. The van der Waals surface area contributed by atoms with Crippen molar-refractivity contribution in [2.75, 3.05) is 6.26 Å². The molecule has 1 heterocycles. The summed E-state index contributed by atoms with van der Waals surface area (Å²) in [6, 6.07) is 9.94. The van der Waals surface area contributed by atoms with Crippen molar-refractivity contribution in [3.63, 3.8) is 0 Å². The van der Waals surface area contributed by atoms with Gasteiger partial charge in [0.05, 0.1) is 25.1 Å². The second kappa shape index (κ2) is 5.54. The molecule has 0 radical (unpaired) electrons. The molecule has 5 nitrogen and oxygen atoms in total. The zero-order chi connectivity index (χ0) is 13.9. The van der Waals surface area contributed by atoms with Crippen molar-refractivity contribution >= 4 is 10.1 Å². The zero-order valence-electron chi connectivity index (χ0n) is 10.9. The predicted molar refractivity (Wildman–Crippen MR) is 72.1 cm³/mol. The van der Waals surface area contributed by atoms with Crippen molar-refractivity contribution in [3.8, 4) is 0 Å². The first kappa shape index (κ1) is 13.8. The lowest BCUT2D eigenvalue weighted by Crippen LogP contribution is -2.02. The van der Waals surface area contributed by atoms with Crippen molar-refractivity contribution in [2.45, 2.75) is 20.1 Å². The highest BCUT2D eigenvalue weighted by atomic mass is 32.2. The van der Waals surface area contributed by atoms with Gasteiger partial charge >= 0.3 is 0 Å². The number of rotatable bonds is 5. The summed E-state index contributed by atoms with van der Waals surface area (Å²) in [5.41, 5.74) is 2.70. The normalized spacial score (nSPS) is 11.7. The zero-order valence-corrected chi connectivity index (χ0v) is 11.7. The summed E-state index contributed by atoms with van der Waals surface area (Å²) < 4.78 is 28.5. The van der Waals surface area contributed by atoms with Crippen LogP contribution in [0.15, 0.2) is 36.5 Å². The highest BCUT2D eigenvalue weighted by Crippen LogP contribution is 2.10. The van der Waals surface area contributed by atoms with Crippen LogP contribution in [0.2, 0.25) is 0 Å². The van der Waals surface area contributed by atoms with E-state index < -0.39 is 10.1 Å². The maximum absolute atomic E-state index is 11.0. The van der Waals surface area contributed by atoms with Gasteiger partial charge in [-0.05, 0) is 12.5 Å². The first-order valence-electron chi connectivity index (χ1n) is 5.85. The first-order valence-corrected chi connectivity index (χ1v) is 7.67. The summed E-state index contributed by atoms with van der Waals surface area (Å²) >= 11 is 0. The Hall–Kier alpha value is -1.66. The Morgan fingerprint density at radius 3 is 2.58 bits per heavy atom. The summed E-state index contributed by atoms with van der Waals surface area (Å²) in [7, 11) is -3.43. The number of aryl methyl sites for hydroxylation is 1. The molecule has 0 atom stereocenters. The van der Waals surface area contributed by atoms with E-state index in [1.165, 1.54) is 0 Å². The van der Waals surface area contributed by atoms with E-state index >= 15 is 0 Å². The van der Waals surface area contributed by atoms with Gasteiger partial charge in [-0.15, -0.1) is 0 Å². The molecule has 0 spiro atoms. The van der Waals surface area contributed by atoms with E-state index in [2.05, 4.69) is 5.10 Å². The SMILES string of the molecule is Cc1nn(Cc2ccccc2)cc1COS(C)(=O)=O. The van der Waals surface area contributed by atoms with Crippen LogP contribution in [0.5, 0.6) is 0 Å². The lowest BCUT2D eigenvalue weighted by Gasteiger charge is -2.01. The van der Waals surface area contributed by atoms with E-state index in [4.69, 9.17) is 4.18 Å². The van der Waals surface area contributed by atoms with E-state index in [1.807, 2.05) is 43.5 Å². The third kappa shape index (κ3) is 4.18. The van der Waals surface area contributed by atoms with E-state index in [0.717, 1.165) is 23.1 Å². The molecule has 0 fully saturated rings. The molecule has 102 valence electrons. The fourth-order valence-electron chi connectivity index (χ4n) is 1.72. The molecule has 19 heavy (non-hydrogen) atoms. The molecule has 0 aliphatic carbocycles. The third-order valence-electron chi connectivity index (χ3n) is 2.66. The minimum absolute atomic E-state index is 0.0272. The van der Waals surface area contributed by atoms with E-state index in [9.17, 15) is 8.42 Å². The molecule has 0 saturated heterocycles. The van der Waals surface area contributed by atoms with Crippen LogP contribution >= 0.6 is 0 Å². The van der Waals surface area contributed by atoms with Crippen molar-refractivity contribution in [1.82, 2.24) is 9.78 Å². The predicted octanol–water partition coefficient (Wildman–Crippen LogP) is 1.72. The Labute approximate surface area is 113 Å². The highest BCUT2D eigenvalue weighted by molar-refractivity contribution is 7.85. The van der Waals surface area contributed by atoms with E-state index in [0.29, 0.717) is 6.54 Å². The smallest absolute Gasteiger partial charge is 0.264 e. The molecule has 0 N–H and O–H groups in total. The van der Waals surface area contributed by atoms with Crippen LogP contribution in [0.25, 0.3) is 0 Å². The second-order valence-corrected chi connectivity index (χ2v) is 6.03. The van der Waals surface area contributed by atoms with Crippen molar-refractivity contribution in [1.29, 1.82) is 0 Å². The van der Waals surface area contributed by atoms with Gasteiger partial charge < -0.3 is 0 Å². The minimum atomic E-state index is -3.43. The summed E-state index contributed by atoms with van der Waals surface area (Å²) in [4.78, 5) is 0. The van der Waals surface area contributed by atoms with E-state index in [-0.39, 0.29) is 6.61 Å². The van der Waals surface area contributed by atoms with Crippen LogP contribution in [0.4, 0.5) is 0 Å². The van der Waals surface area contributed by atoms with Gasteiger partial charge in [0.2, 0.25) is 0 Å². The highest BCUT2D eigenvalue weighted by Gasteiger charge is 2.09. The van der Waals surface area contributed by atoms with Gasteiger partial charge in [0.15, 0.2) is 0 Å². The Balaban J connectivity index is 2.08. The lowest BCUT2D eigenvalue weighted by atomic mass is 10.2. The average molecular weight is 280 g/mol. The van der Waals surface area contributed by atoms with Gasteiger partial charge in [-0.2, -0.15) is 13.5 Å². The molecular weight excluding hydrogens is 264 g/mol. The quantitative estimate of drug-likeness (QED) is 0.782. The van der Waals surface area contributed by atoms with E-state index in [1.54, 1.807) is 4.68 Å². The van der Waals surface area contributed by atoms with Crippen LogP contribution in [-0.2, 0) is 27.5 Å². The van der Waals surface area contributed by atoms with Gasteiger partial charge in [-0.3, -0.25) is 8.86 Å². The Kier molecular flexibility index (Phi) is 4.01. The molecule has 2 rings (SSSR count). The molecule has 2 aromatic rings. The third-order valence-corrected chi connectivity index (χ3v) is 3.21. The molecule has 0 bridgehead atoms. The second-order valence-electron chi connectivity index (χ2n) is 4.39. The van der Waals surface area contributed by atoms with Crippen LogP contribution in [0, 0.1) is 6.92 Å². The number of hydrogen-bond acceptors (Lipinski definition) is 4. The fourth-order valence-corrected chi connectivity index (χ4v) is 2.06. The maximum Gasteiger partial charge on any atom is 0.264 e. The van der Waals surface area contributed by atoms with Crippen LogP contribution in [0.3, 0.4) is 0 Å². The molecule has 1 aromatic carbocycles. The number of aromatic nitrogens is 2. The molecule has 1 aromatic heterocycles. The summed E-state index contributed by atoms with van der Waals surface area (Å²) in [6.07, 6.45) is 2.85. The van der Waals surface area contributed by atoms with Crippen LogP contribution < -0.4 is 0 Å². The minimum Gasteiger partial charge on any atom is -0.268 e. The maximum atomic E-state index is 11.0. The molecule has 0 unspecified atom stereocenters. The lowest BCUT2D eigenvalue weighted by molar-refractivity contribution is 0.311. The van der Waals surface area contributed by atoms with Gasteiger partial charge in [0, 0.05) is 11.8 Å². The molecule has 0 saturated carbocycles. The van der Waals surface area contributed by atoms with Crippen molar-refractivity contribution < 1.29 is 12.6 Å². The van der Waals surface area contributed by atoms with Crippen LogP contribution in [-0.4, -0.2) is 24.5 Å². The fraction of sp³-hybridized carbons (Fsp3) is 0.308. The molecule has 0 aliphatic rings. The molecule has 0 aliphatic heterocycles. The van der Waals surface area contributed by atoms with Gasteiger partial charge in [-0.25, -0.2) is 0 Å². The topological polar surface area (TPSA) is 61.2 Å². The number of nitrogens with zero attached hydrogens (tertiary/aromatic N) is 2. The standard InChI is InChI=1S/C13H16N2O3S/c1-11-13(10-18-19(2,16)17)9-15(14-11)8-12-6-4-3-5-7-12/h3-7,9H,8,10H2,1-2H3. The first-order chi connectivity index (χ1) is 8.94. The van der Waals surface area contributed by atoms with Gasteiger partial charge in [0.25, 0.3) is 10.1 Å². The largest absolute Gasteiger partial charge is 0.268 e. The number of hydrogen-bond donors (Lipinski definition) is 0. The van der Waals surface area contributed by atoms with Crippen molar-refractivity contribution in [3.05, 3.63) is 53.3 Å². The Morgan fingerprint density at radius 1 is 1.26 bits per heavy atom. The number of benzene rings is 1. The Morgan fingerprint density at radius 2 is 1.95 bits per heavy atom. The van der Waals surface area contributed by atoms with Crippen LogP contribution in [0.1, 0.15) is 16.8 Å². The average Bonchev–Trinajstić information content (AvgIpc) is 2.67. The molecular formula is C13H16N2O3S. The summed E-state index contributed by atoms with van der Waals surface area (Å²) in [5, 5.41) is 4.35. The molecule has 0 amide bonds. The Bertz CT molecular complexity index is 648. The van der Waals surface area contributed by atoms with Gasteiger partial charge in [-0.1, -0.05) is 30.3 Å². The van der Waals surface area contributed by atoms with Gasteiger partial charge in [0.1, 0.15) is 0 Å². The van der Waals surface area contributed by atoms with Crippen molar-refractivity contribution in [2.24, 2.45) is 0 Å². The molecule has 6 heteroatoms.